The van der Waals surface area contributed by atoms with Crippen molar-refractivity contribution in [2.45, 2.75) is 19.5 Å². The minimum Gasteiger partial charge on any atom is -0.467 e. The monoisotopic (exact) mass is 230 g/mol. The van der Waals surface area contributed by atoms with Crippen molar-refractivity contribution in [3.05, 3.63) is 54.0 Å². The summed E-state index contributed by atoms with van der Waals surface area (Å²) < 4.78 is 5.33. The lowest BCUT2D eigenvalue weighted by molar-refractivity contribution is 0.507. The maximum absolute atomic E-state index is 5.82. The van der Waals surface area contributed by atoms with Crippen LogP contribution in [0.4, 0.5) is 5.69 Å². The Bertz CT molecular complexity index is 446. The van der Waals surface area contributed by atoms with E-state index in [1.54, 1.807) is 6.26 Å². The van der Waals surface area contributed by atoms with Crippen LogP contribution in [0.25, 0.3) is 0 Å². The van der Waals surface area contributed by atoms with Gasteiger partial charge in [0.1, 0.15) is 5.76 Å². The van der Waals surface area contributed by atoms with Crippen LogP contribution in [0.15, 0.2) is 47.1 Å². The summed E-state index contributed by atoms with van der Waals surface area (Å²) in [7, 11) is 2.05. The number of hydrogen-bond acceptors (Lipinski definition) is 3. The molecule has 1 aromatic carbocycles. The smallest absolute Gasteiger partial charge is 0.123 e. The minimum absolute atomic E-state index is 0.0828. The molecule has 0 fully saturated rings. The first-order chi connectivity index (χ1) is 8.16. The maximum Gasteiger partial charge on any atom is 0.123 e. The maximum atomic E-state index is 5.82. The van der Waals surface area contributed by atoms with Crippen molar-refractivity contribution in [3.63, 3.8) is 0 Å². The average Bonchev–Trinajstić information content (AvgIpc) is 2.82. The first-order valence-corrected chi connectivity index (χ1v) is 5.76. The van der Waals surface area contributed by atoms with E-state index in [1.165, 1.54) is 0 Å². The van der Waals surface area contributed by atoms with E-state index < -0.39 is 0 Å². The Kier molecular flexibility index (Phi) is 3.49. The highest BCUT2D eigenvalue weighted by atomic mass is 16.3. The molecule has 1 atom stereocenters. The molecule has 0 aliphatic rings. The van der Waals surface area contributed by atoms with Gasteiger partial charge in [0.15, 0.2) is 0 Å². The molecule has 0 amide bonds. The van der Waals surface area contributed by atoms with Gasteiger partial charge in [-0.05, 0) is 36.8 Å². The normalized spacial score (nSPS) is 12.4. The summed E-state index contributed by atoms with van der Waals surface area (Å²) in [6, 6.07) is 12.3. The van der Waals surface area contributed by atoms with Gasteiger partial charge in [-0.25, -0.2) is 0 Å². The zero-order valence-electron chi connectivity index (χ0n) is 10.3. The molecule has 1 heterocycles. The van der Waals surface area contributed by atoms with Crippen LogP contribution in [-0.2, 0) is 6.54 Å². The fourth-order valence-electron chi connectivity index (χ4n) is 1.76. The SMILES string of the molecule is C[C@@H](N)c1ccc(N(C)Cc2ccco2)cc1. The van der Waals surface area contributed by atoms with Crippen molar-refractivity contribution in [3.8, 4) is 0 Å². The highest BCUT2D eigenvalue weighted by Crippen LogP contribution is 2.18. The van der Waals surface area contributed by atoms with Gasteiger partial charge in [-0.3, -0.25) is 0 Å². The fraction of sp³-hybridized carbons (Fsp3) is 0.286. The highest BCUT2D eigenvalue weighted by molar-refractivity contribution is 5.47. The molecule has 17 heavy (non-hydrogen) atoms. The van der Waals surface area contributed by atoms with Gasteiger partial charge in [-0.1, -0.05) is 12.1 Å². The van der Waals surface area contributed by atoms with Gasteiger partial charge in [0.05, 0.1) is 12.8 Å². The summed E-state index contributed by atoms with van der Waals surface area (Å²) in [5.41, 5.74) is 8.13. The molecule has 2 aromatic rings. The largest absolute Gasteiger partial charge is 0.467 e. The summed E-state index contributed by atoms with van der Waals surface area (Å²) in [6.45, 7) is 2.76. The molecule has 0 saturated heterocycles. The van der Waals surface area contributed by atoms with Crippen molar-refractivity contribution in [1.82, 2.24) is 0 Å². The summed E-state index contributed by atoms with van der Waals surface area (Å²) in [6.07, 6.45) is 1.70. The molecule has 90 valence electrons. The third-order valence-corrected chi connectivity index (χ3v) is 2.83. The Morgan fingerprint density at radius 3 is 2.47 bits per heavy atom. The molecule has 0 aliphatic heterocycles. The molecule has 1 aromatic heterocycles. The van der Waals surface area contributed by atoms with E-state index in [-0.39, 0.29) is 6.04 Å². The van der Waals surface area contributed by atoms with Crippen LogP contribution in [-0.4, -0.2) is 7.05 Å². The quantitative estimate of drug-likeness (QED) is 0.878. The Hall–Kier alpha value is -1.74. The van der Waals surface area contributed by atoms with E-state index in [0.717, 1.165) is 23.6 Å². The second-order valence-electron chi connectivity index (χ2n) is 4.32. The van der Waals surface area contributed by atoms with Gasteiger partial charge in [0.25, 0.3) is 0 Å². The lowest BCUT2D eigenvalue weighted by Crippen LogP contribution is -2.16. The molecule has 0 aliphatic carbocycles. The molecular weight excluding hydrogens is 212 g/mol. The van der Waals surface area contributed by atoms with Gasteiger partial charge in [0, 0.05) is 18.8 Å². The number of hydrogen-bond donors (Lipinski definition) is 1. The van der Waals surface area contributed by atoms with Crippen molar-refractivity contribution in [2.24, 2.45) is 5.73 Å². The zero-order valence-corrected chi connectivity index (χ0v) is 10.3. The number of rotatable bonds is 4. The Balaban J connectivity index is 2.06. The fourth-order valence-corrected chi connectivity index (χ4v) is 1.76. The van der Waals surface area contributed by atoms with Crippen molar-refractivity contribution < 1.29 is 4.42 Å². The Labute approximate surface area is 102 Å². The number of furan rings is 1. The van der Waals surface area contributed by atoms with Crippen LogP contribution in [0.2, 0.25) is 0 Å². The van der Waals surface area contributed by atoms with Crippen LogP contribution >= 0.6 is 0 Å². The molecule has 0 radical (unpaired) electrons. The lowest BCUT2D eigenvalue weighted by atomic mass is 10.1. The highest BCUT2D eigenvalue weighted by Gasteiger charge is 2.05. The number of nitrogens with two attached hydrogens (primary N) is 1. The van der Waals surface area contributed by atoms with E-state index in [2.05, 4.69) is 29.2 Å². The third-order valence-electron chi connectivity index (χ3n) is 2.83. The summed E-state index contributed by atoms with van der Waals surface area (Å²) in [5.74, 6) is 0.962. The van der Waals surface area contributed by atoms with E-state index in [4.69, 9.17) is 10.2 Å². The predicted molar refractivity (Wildman–Crippen MR) is 69.9 cm³/mol. The minimum atomic E-state index is 0.0828. The van der Waals surface area contributed by atoms with Crippen molar-refractivity contribution in [2.75, 3.05) is 11.9 Å². The molecule has 0 unspecified atom stereocenters. The second-order valence-corrected chi connectivity index (χ2v) is 4.32. The first-order valence-electron chi connectivity index (χ1n) is 5.76. The van der Waals surface area contributed by atoms with Crippen LogP contribution in [0, 0.1) is 0 Å². The van der Waals surface area contributed by atoms with Crippen molar-refractivity contribution in [1.29, 1.82) is 0 Å². The van der Waals surface area contributed by atoms with Gasteiger partial charge in [-0.2, -0.15) is 0 Å². The Morgan fingerprint density at radius 2 is 1.94 bits per heavy atom. The molecule has 2 rings (SSSR count). The topological polar surface area (TPSA) is 42.4 Å². The first kappa shape index (κ1) is 11.7. The molecule has 3 nitrogen and oxygen atoms in total. The predicted octanol–water partition coefficient (Wildman–Crippen LogP) is 2.94. The molecule has 0 spiro atoms. The van der Waals surface area contributed by atoms with Crippen LogP contribution in [0.3, 0.4) is 0 Å². The summed E-state index contributed by atoms with van der Waals surface area (Å²) in [4.78, 5) is 2.14. The summed E-state index contributed by atoms with van der Waals surface area (Å²) >= 11 is 0. The molecule has 2 N–H and O–H groups in total. The number of anilines is 1. The number of nitrogens with zero attached hydrogens (tertiary/aromatic N) is 1. The lowest BCUT2D eigenvalue weighted by Gasteiger charge is -2.18. The van der Waals surface area contributed by atoms with E-state index >= 15 is 0 Å². The number of benzene rings is 1. The summed E-state index contributed by atoms with van der Waals surface area (Å²) in [5, 5.41) is 0. The van der Waals surface area contributed by atoms with Crippen molar-refractivity contribution >= 4 is 5.69 Å². The van der Waals surface area contributed by atoms with Crippen LogP contribution < -0.4 is 10.6 Å². The van der Waals surface area contributed by atoms with Gasteiger partial charge < -0.3 is 15.1 Å². The van der Waals surface area contributed by atoms with Gasteiger partial charge >= 0.3 is 0 Å². The zero-order chi connectivity index (χ0) is 12.3. The van der Waals surface area contributed by atoms with Gasteiger partial charge in [0.2, 0.25) is 0 Å². The van der Waals surface area contributed by atoms with Crippen LogP contribution in [0.5, 0.6) is 0 Å². The second kappa shape index (κ2) is 5.06. The molecule has 0 saturated carbocycles. The van der Waals surface area contributed by atoms with Crippen LogP contribution in [0.1, 0.15) is 24.3 Å². The van der Waals surface area contributed by atoms with Gasteiger partial charge in [-0.15, -0.1) is 0 Å². The Morgan fingerprint density at radius 1 is 1.24 bits per heavy atom. The standard InChI is InChI=1S/C14H18N2O/c1-11(15)12-5-7-13(8-6-12)16(2)10-14-4-3-9-17-14/h3-9,11H,10,15H2,1-2H3/t11-/m1/s1. The van der Waals surface area contributed by atoms with E-state index in [9.17, 15) is 0 Å². The average molecular weight is 230 g/mol. The molecule has 3 heteroatoms. The van der Waals surface area contributed by atoms with E-state index in [0.29, 0.717) is 0 Å². The molecule has 0 bridgehead atoms. The molecular formula is C14H18N2O. The van der Waals surface area contributed by atoms with E-state index in [1.807, 2.05) is 26.1 Å². The third kappa shape index (κ3) is 2.88.